The third kappa shape index (κ3) is 4.42. The minimum absolute atomic E-state index is 0.182. The number of para-hydroxylation sites is 1. The second-order valence-electron chi connectivity index (χ2n) is 8.15. The Morgan fingerprint density at radius 3 is 2.48 bits per heavy atom. The summed E-state index contributed by atoms with van der Waals surface area (Å²) in [5, 5.41) is 0.516. The lowest BCUT2D eigenvalue weighted by molar-refractivity contribution is 0.0681. The normalized spacial score (nSPS) is 12.0. The first kappa shape index (κ1) is 22.4. The predicted molar refractivity (Wildman–Crippen MR) is 128 cm³/mol. The highest BCUT2D eigenvalue weighted by Crippen LogP contribution is 2.25. The van der Waals surface area contributed by atoms with Crippen LogP contribution >= 0.6 is 0 Å². The van der Waals surface area contributed by atoms with E-state index in [2.05, 4.69) is 0 Å². The lowest BCUT2D eigenvalue weighted by Gasteiger charge is -2.30. The number of aryl methyl sites for hydroxylation is 1. The van der Waals surface area contributed by atoms with E-state index in [1.807, 2.05) is 57.2 Å². The molecule has 0 aliphatic heterocycles. The van der Waals surface area contributed by atoms with Gasteiger partial charge in [0.1, 0.15) is 11.6 Å². The molecule has 0 N–H and O–H groups in total. The number of carbonyl (C=O) groups is 1. The zero-order valence-corrected chi connectivity index (χ0v) is 19.0. The molecule has 0 saturated carbocycles. The van der Waals surface area contributed by atoms with Gasteiger partial charge in [-0.2, -0.15) is 0 Å². The molecule has 1 amide bonds. The summed E-state index contributed by atoms with van der Waals surface area (Å²) in [4.78, 5) is 33.5. The van der Waals surface area contributed by atoms with Gasteiger partial charge in [0, 0.05) is 12.1 Å². The summed E-state index contributed by atoms with van der Waals surface area (Å²) in [6.07, 6.45) is 0.722. The van der Waals surface area contributed by atoms with E-state index in [-0.39, 0.29) is 11.5 Å². The van der Waals surface area contributed by atoms with Crippen molar-refractivity contribution < 1.29 is 9.18 Å². The Bertz CT molecular complexity index is 1360. The molecule has 0 spiro atoms. The Morgan fingerprint density at radius 2 is 1.79 bits per heavy atom. The van der Waals surface area contributed by atoms with Crippen LogP contribution in [0, 0.1) is 12.7 Å². The maximum Gasteiger partial charge on any atom is 0.266 e. The number of halogens is 1. The molecule has 3 aromatic carbocycles. The van der Waals surface area contributed by atoms with Gasteiger partial charge in [0.25, 0.3) is 11.5 Å². The zero-order valence-electron chi connectivity index (χ0n) is 19.0. The van der Waals surface area contributed by atoms with E-state index < -0.39 is 11.9 Å². The quantitative estimate of drug-likeness (QED) is 0.398. The lowest BCUT2D eigenvalue weighted by atomic mass is 10.1. The van der Waals surface area contributed by atoms with Gasteiger partial charge >= 0.3 is 0 Å². The third-order valence-electron chi connectivity index (χ3n) is 5.72. The molecule has 1 heterocycles. The maximum absolute atomic E-state index is 13.6. The Hall–Kier alpha value is -3.80. The van der Waals surface area contributed by atoms with Gasteiger partial charge in [-0.3, -0.25) is 14.2 Å². The number of carbonyl (C=O) groups excluding carboxylic acids is 1. The van der Waals surface area contributed by atoms with E-state index >= 15 is 0 Å². The lowest BCUT2D eigenvalue weighted by Crippen LogP contribution is -2.38. The molecule has 0 aliphatic rings. The SMILES string of the molecule is CCCN(C(=O)c1ccc(F)cc1)C(C)c1nc2ccccc2c(=O)n1-c1cccc(C)c1. The summed E-state index contributed by atoms with van der Waals surface area (Å²) >= 11 is 0. The minimum atomic E-state index is -0.500. The van der Waals surface area contributed by atoms with Crippen molar-refractivity contribution in [3.8, 4) is 5.69 Å². The standard InChI is InChI=1S/C27H26FN3O2/c1-4-16-30(26(32)20-12-14-21(28)15-13-20)19(3)25-29-24-11-6-5-10-23(24)27(33)31(25)22-9-7-8-18(2)17-22/h5-15,17,19H,4,16H2,1-3H3. The molecule has 1 aromatic heterocycles. The summed E-state index contributed by atoms with van der Waals surface area (Å²) in [5.74, 6) is -0.151. The molecule has 4 rings (SSSR count). The molecule has 0 fully saturated rings. The molecule has 5 nitrogen and oxygen atoms in total. The smallest absolute Gasteiger partial charge is 0.266 e. The number of amides is 1. The predicted octanol–water partition coefficient (Wildman–Crippen LogP) is 5.45. The van der Waals surface area contributed by atoms with Gasteiger partial charge in [-0.05, 0) is 74.4 Å². The van der Waals surface area contributed by atoms with Gasteiger partial charge < -0.3 is 4.90 Å². The Labute approximate surface area is 192 Å². The topological polar surface area (TPSA) is 55.2 Å². The van der Waals surface area contributed by atoms with Gasteiger partial charge in [0.05, 0.1) is 22.6 Å². The number of aromatic nitrogens is 2. The van der Waals surface area contributed by atoms with Crippen LogP contribution in [0.1, 0.15) is 48.1 Å². The van der Waals surface area contributed by atoms with E-state index in [9.17, 15) is 14.0 Å². The first-order valence-electron chi connectivity index (χ1n) is 11.1. The van der Waals surface area contributed by atoms with Crippen LogP contribution in [0.2, 0.25) is 0 Å². The summed E-state index contributed by atoms with van der Waals surface area (Å²) < 4.78 is 15.0. The Balaban J connectivity index is 1.90. The molecular weight excluding hydrogens is 417 g/mol. The molecule has 4 aromatic rings. The van der Waals surface area contributed by atoms with Crippen molar-refractivity contribution >= 4 is 16.8 Å². The number of hydrogen-bond donors (Lipinski definition) is 0. The number of nitrogens with zero attached hydrogens (tertiary/aromatic N) is 3. The fourth-order valence-corrected chi connectivity index (χ4v) is 4.06. The van der Waals surface area contributed by atoms with Crippen LogP contribution in [-0.2, 0) is 0 Å². The van der Waals surface area contributed by atoms with Crippen molar-refractivity contribution in [2.45, 2.75) is 33.2 Å². The maximum atomic E-state index is 13.6. The van der Waals surface area contributed by atoms with Gasteiger partial charge in [0.15, 0.2) is 0 Å². The van der Waals surface area contributed by atoms with E-state index in [4.69, 9.17) is 4.98 Å². The van der Waals surface area contributed by atoms with Gasteiger partial charge in [-0.1, -0.05) is 31.2 Å². The minimum Gasteiger partial charge on any atom is -0.329 e. The van der Waals surface area contributed by atoms with E-state index in [0.29, 0.717) is 34.5 Å². The molecule has 168 valence electrons. The van der Waals surface area contributed by atoms with Crippen LogP contribution in [0.15, 0.2) is 77.6 Å². The monoisotopic (exact) mass is 443 g/mol. The first-order chi connectivity index (χ1) is 15.9. The molecule has 0 aliphatic carbocycles. The largest absolute Gasteiger partial charge is 0.329 e. The van der Waals surface area contributed by atoms with Crippen molar-refractivity contribution in [1.82, 2.24) is 14.5 Å². The molecule has 0 bridgehead atoms. The fraction of sp³-hybridized carbons (Fsp3) is 0.222. The van der Waals surface area contributed by atoms with E-state index in [0.717, 1.165) is 12.0 Å². The number of hydrogen-bond acceptors (Lipinski definition) is 3. The number of fused-ring (bicyclic) bond motifs is 1. The first-order valence-corrected chi connectivity index (χ1v) is 11.1. The van der Waals surface area contributed by atoms with Crippen molar-refractivity contribution in [2.75, 3.05) is 6.54 Å². The fourth-order valence-electron chi connectivity index (χ4n) is 4.06. The van der Waals surface area contributed by atoms with Crippen LogP contribution in [0.3, 0.4) is 0 Å². The second kappa shape index (κ2) is 9.36. The summed E-state index contributed by atoms with van der Waals surface area (Å²) in [7, 11) is 0. The van der Waals surface area contributed by atoms with Crippen molar-refractivity contribution in [2.24, 2.45) is 0 Å². The highest BCUT2D eigenvalue weighted by atomic mass is 19.1. The highest BCUT2D eigenvalue weighted by molar-refractivity contribution is 5.94. The van der Waals surface area contributed by atoms with Gasteiger partial charge in [-0.25, -0.2) is 9.37 Å². The molecule has 6 heteroatoms. The third-order valence-corrected chi connectivity index (χ3v) is 5.72. The van der Waals surface area contributed by atoms with Crippen molar-refractivity contribution in [3.05, 3.63) is 106 Å². The average Bonchev–Trinajstić information content (AvgIpc) is 2.82. The number of rotatable bonds is 6. The van der Waals surface area contributed by atoms with Gasteiger partial charge in [-0.15, -0.1) is 0 Å². The zero-order chi connectivity index (χ0) is 23.5. The average molecular weight is 444 g/mol. The summed E-state index contributed by atoms with van der Waals surface area (Å²) in [5.41, 5.74) is 2.50. The molecular formula is C27H26FN3O2. The Kier molecular flexibility index (Phi) is 6.36. The van der Waals surface area contributed by atoms with Crippen LogP contribution in [0.5, 0.6) is 0 Å². The number of benzene rings is 3. The van der Waals surface area contributed by atoms with Gasteiger partial charge in [0.2, 0.25) is 0 Å². The summed E-state index contributed by atoms with van der Waals surface area (Å²) in [6, 6.07) is 19.9. The summed E-state index contributed by atoms with van der Waals surface area (Å²) in [6.45, 7) is 6.29. The Morgan fingerprint density at radius 1 is 1.06 bits per heavy atom. The second-order valence-corrected chi connectivity index (χ2v) is 8.15. The highest BCUT2D eigenvalue weighted by Gasteiger charge is 2.27. The molecule has 0 radical (unpaired) electrons. The van der Waals surface area contributed by atoms with Crippen molar-refractivity contribution in [3.63, 3.8) is 0 Å². The van der Waals surface area contributed by atoms with Crippen molar-refractivity contribution in [1.29, 1.82) is 0 Å². The molecule has 1 atom stereocenters. The molecule has 33 heavy (non-hydrogen) atoms. The van der Waals surface area contributed by atoms with Crippen LogP contribution in [0.4, 0.5) is 4.39 Å². The van der Waals surface area contributed by atoms with Crippen LogP contribution < -0.4 is 5.56 Å². The molecule has 0 saturated heterocycles. The molecule has 1 unspecified atom stereocenters. The van der Waals surface area contributed by atoms with E-state index in [1.54, 1.807) is 21.6 Å². The van der Waals surface area contributed by atoms with E-state index in [1.165, 1.54) is 24.3 Å². The van der Waals surface area contributed by atoms with Crippen LogP contribution in [-0.4, -0.2) is 26.9 Å². The van der Waals surface area contributed by atoms with Crippen LogP contribution in [0.25, 0.3) is 16.6 Å².